The Labute approximate surface area is 128 Å². The number of rotatable bonds is 2. The van der Waals surface area contributed by atoms with Crippen LogP contribution in [-0.4, -0.2) is 32.0 Å². The molecule has 0 radical (unpaired) electrons. The maximum atomic E-state index is 12.2. The molecule has 0 fully saturated rings. The van der Waals surface area contributed by atoms with E-state index in [1.165, 1.54) is 18.6 Å². The van der Waals surface area contributed by atoms with Crippen LogP contribution in [0.1, 0.15) is 21.0 Å². The second-order valence-corrected chi connectivity index (χ2v) is 4.45. The van der Waals surface area contributed by atoms with Crippen LogP contribution in [0.5, 0.6) is 0 Å². The highest BCUT2D eigenvalue weighted by molar-refractivity contribution is 6.05. The molecule has 0 atom stereocenters. The van der Waals surface area contributed by atoms with Crippen molar-refractivity contribution < 1.29 is 9.59 Å². The van der Waals surface area contributed by atoms with Crippen molar-refractivity contribution in [3.8, 4) is 0 Å². The molecule has 9 nitrogen and oxygen atoms in total. The third-order valence-corrected chi connectivity index (χ3v) is 3.00. The Bertz CT molecular complexity index is 938. The van der Waals surface area contributed by atoms with Crippen LogP contribution in [0.4, 0.5) is 0 Å². The van der Waals surface area contributed by atoms with Gasteiger partial charge in [-0.25, -0.2) is 10.1 Å². The molecular weight excluding hydrogens is 300 g/mol. The molecule has 0 aliphatic rings. The van der Waals surface area contributed by atoms with E-state index in [-0.39, 0.29) is 11.4 Å². The molecule has 9 heteroatoms. The summed E-state index contributed by atoms with van der Waals surface area (Å²) in [5.74, 6) is -1.30. The largest absolute Gasteiger partial charge is 0.290 e. The van der Waals surface area contributed by atoms with Gasteiger partial charge in [0.1, 0.15) is 5.69 Å². The van der Waals surface area contributed by atoms with E-state index in [9.17, 15) is 14.4 Å². The average molecular weight is 310 g/mol. The molecule has 3 aromatic rings. The van der Waals surface area contributed by atoms with Crippen LogP contribution in [0, 0.1) is 0 Å². The second kappa shape index (κ2) is 6.02. The monoisotopic (exact) mass is 310 g/mol. The van der Waals surface area contributed by atoms with E-state index in [4.69, 9.17) is 0 Å². The fourth-order valence-electron chi connectivity index (χ4n) is 1.94. The number of benzene rings is 1. The summed E-state index contributed by atoms with van der Waals surface area (Å²) in [4.78, 5) is 43.2. The van der Waals surface area contributed by atoms with Gasteiger partial charge in [0.05, 0.1) is 11.6 Å². The molecule has 1 aromatic carbocycles. The summed E-state index contributed by atoms with van der Waals surface area (Å²) in [7, 11) is 0. The Morgan fingerprint density at radius 1 is 1.00 bits per heavy atom. The first-order valence-corrected chi connectivity index (χ1v) is 6.51. The SMILES string of the molecule is O=C(NNC(=O)c1n[nH]c(=O)c2ccccc12)c1cnccn1. The molecule has 0 bridgehead atoms. The lowest BCUT2D eigenvalue weighted by Gasteiger charge is -2.07. The zero-order valence-electron chi connectivity index (χ0n) is 11.6. The summed E-state index contributed by atoms with van der Waals surface area (Å²) in [6, 6.07) is 6.52. The van der Waals surface area contributed by atoms with E-state index >= 15 is 0 Å². The van der Waals surface area contributed by atoms with Crippen molar-refractivity contribution in [2.24, 2.45) is 0 Å². The highest BCUT2D eigenvalue weighted by Crippen LogP contribution is 2.11. The van der Waals surface area contributed by atoms with Crippen molar-refractivity contribution in [1.29, 1.82) is 0 Å². The number of nitrogens with one attached hydrogen (secondary N) is 3. The number of fused-ring (bicyclic) bond motifs is 1. The number of H-pyrrole nitrogens is 1. The lowest BCUT2D eigenvalue weighted by molar-refractivity contribution is 0.0841. The molecule has 3 N–H and O–H groups in total. The summed E-state index contributed by atoms with van der Waals surface area (Å²) in [5, 5.41) is 6.67. The maximum absolute atomic E-state index is 12.2. The quantitative estimate of drug-likeness (QED) is 0.561. The average Bonchev–Trinajstić information content (AvgIpc) is 2.60. The normalized spacial score (nSPS) is 10.3. The predicted octanol–water partition coefficient (Wildman–Crippen LogP) is -0.212. The Hall–Kier alpha value is -3.62. The van der Waals surface area contributed by atoms with Crippen LogP contribution in [0.2, 0.25) is 0 Å². The predicted molar refractivity (Wildman–Crippen MR) is 79.3 cm³/mol. The van der Waals surface area contributed by atoms with Crippen molar-refractivity contribution in [1.82, 2.24) is 31.0 Å². The minimum Gasteiger partial charge on any atom is -0.267 e. The maximum Gasteiger partial charge on any atom is 0.290 e. The molecule has 3 rings (SSSR count). The van der Waals surface area contributed by atoms with Gasteiger partial charge in [0, 0.05) is 17.8 Å². The van der Waals surface area contributed by atoms with Crippen molar-refractivity contribution in [3.05, 3.63) is 64.6 Å². The molecule has 0 aliphatic carbocycles. The summed E-state index contributed by atoms with van der Waals surface area (Å²) in [6.45, 7) is 0. The molecule has 0 saturated heterocycles. The lowest BCUT2D eigenvalue weighted by Crippen LogP contribution is -2.42. The van der Waals surface area contributed by atoms with Gasteiger partial charge in [-0.2, -0.15) is 5.10 Å². The lowest BCUT2D eigenvalue weighted by atomic mass is 10.1. The molecule has 114 valence electrons. The van der Waals surface area contributed by atoms with Crippen LogP contribution in [0.25, 0.3) is 10.8 Å². The standard InChI is InChI=1S/C14H10N6O3/c21-12-9-4-2-1-3-8(9)11(17-18-12)14(23)20-19-13(22)10-7-15-5-6-16-10/h1-7H,(H,18,21)(H,19,22)(H,20,23). The fraction of sp³-hybridized carbons (Fsp3) is 0. The Kier molecular flexibility index (Phi) is 3.75. The van der Waals surface area contributed by atoms with Crippen molar-refractivity contribution in [3.63, 3.8) is 0 Å². The highest BCUT2D eigenvalue weighted by Gasteiger charge is 2.15. The van der Waals surface area contributed by atoms with Gasteiger partial charge in [-0.05, 0) is 6.07 Å². The Morgan fingerprint density at radius 3 is 2.48 bits per heavy atom. The number of carbonyl (C=O) groups excluding carboxylic acids is 2. The van der Waals surface area contributed by atoms with Gasteiger partial charge in [-0.1, -0.05) is 18.2 Å². The summed E-state index contributed by atoms with van der Waals surface area (Å²) < 4.78 is 0. The number of hydrogen-bond donors (Lipinski definition) is 3. The van der Waals surface area contributed by atoms with E-state index in [0.717, 1.165) is 0 Å². The molecule has 2 heterocycles. The summed E-state index contributed by atoms with van der Waals surface area (Å²) in [5.41, 5.74) is 4.05. The van der Waals surface area contributed by atoms with Gasteiger partial charge in [-0.15, -0.1) is 0 Å². The number of hydrazine groups is 1. The molecule has 2 aromatic heterocycles. The first-order chi connectivity index (χ1) is 11.2. The minimum atomic E-state index is -0.672. The van der Waals surface area contributed by atoms with Crippen molar-refractivity contribution >= 4 is 22.6 Å². The molecule has 0 aliphatic heterocycles. The number of hydrogen-bond acceptors (Lipinski definition) is 6. The smallest absolute Gasteiger partial charge is 0.267 e. The summed E-state index contributed by atoms with van der Waals surface area (Å²) >= 11 is 0. The van der Waals surface area contributed by atoms with Crippen LogP contribution in [0.3, 0.4) is 0 Å². The zero-order chi connectivity index (χ0) is 16.2. The van der Waals surface area contributed by atoms with E-state index in [2.05, 4.69) is 31.0 Å². The van der Waals surface area contributed by atoms with Gasteiger partial charge in [0.25, 0.3) is 17.4 Å². The first-order valence-electron chi connectivity index (χ1n) is 6.51. The van der Waals surface area contributed by atoms with E-state index in [1.807, 2.05) is 0 Å². The topological polar surface area (TPSA) is 130 Å². The zero-order valence-corrected chi connectivity index (χ0v) is 11.6. The summed E-state index contributed by atoms with van der Waals surface area (Å²) in [6.07, 6.45) is 4.04. The number of aromatic nitrogens is 4. The van der Waals surface area contributed by atoms with Crippen LogP contribution < -0.4 is 16.4 Å². The van der Waals surface area contributed by atoms with Crippen molar-refractivity contribution in [2.75, 3.05) is 0 Å². The molecular formula is C14H10N6O3. The molecule has 2 amide bonds. The van der Waals surface area contributed by atoms with E-state index in [0.29, 0.717) is 10.8 Å². The second-order valence-electron chi connectivity index (χ2n) is 4.45. The van der Waals surface area contributed by atoms with Crippen molar-refractivity contribution in [2.45, 2.75) is 0 Å². The van der Waals surface area contributed by atoms with Crippen LogP contribution in [0.15, 0.2) is 47.7 Å². The third kappa shape index (κ3) is 2.88. The molecule has 0 saturated carbocycles. The fourth-order valence-corrected chi connectivity index (χ4v) is 1.94. The van der Waals surface area contributed by atoms with Crippen LogP contribution in [-0.2, 0) is 0 Å². The van der Waals surface area contributed by atoms with Gasteiger partial charge in [-0.3, -0.25) is 30.2 Å². The molecule has 0 unspecified atom stereocenters. The minimum absolute atomic E-state index is 0.0142. The molecule has 23 heavy (non-hydrogen) atoms. The number of carbonyl (C=O) groups is 2. The first kappa shape index (κ1) is 14.3. The third-order valence-electron chi connectivity index (χ3n) is 3.00. The number of aromatic amines is 1. The molecule has 0 spiro atoms. The number of nitrogens with zero attached hydrogens (tertiary/aromatic N) is 3. The van der Waals surface area contributed by atoms with Gasteiger partial charge >= 0.3 is 0 Å². The van der Waals surface area contributed by atoms with Crippen LogP contribution >= 0.6 is 0 Å². The van der Waals surface area contributed by atoms with Gasteiger partial charge in [0.2, 0.25) is 0 Å². The van der Waals surface area contributed by atoms with Gasteiger partial charge in [0.15, 0.2) is 5.69 Å². The van der Waals surface area contributed by atoms with E-state index in [1.54, 1.807) is 24.3 Å². The Balaban J connectivity index is 1.81. The Morgan fingerprint density at radius 2 is 1.74 bits per heavy atom. The van der Waals surface area contributed by atoms with Gasteiger partial charge < -0.3 is 0 Å². The van der Waals surface area contributed by atoms with E-state index < -0.39 is 17.4 Å². The number of amides is 2. The highest BCUT2D eigenvalue weighted by atomic mass is 16.2.